The lowest BCUT2D eigenvalue weighted by atomic mass is 9.99. The van der Waals surface area contributed by atoms with Gasteiger partial charge in [0, 0.05) is 50.0 Å². The minimum atomic E-state index is 1.01. The van der Waals surface area contributed by atoms with Crippen LogP contribution in [0.1, 0.15) is 28.9 Å². The van der Waals surface area contributed by atoms with Crippen LogP contribution in [-0.2, 0) is 6.42 Å². The second-order valence-electron chi connectivity index (χ2n) is 9.67. The number of benzene rings is 3. The molecular formula is C35H27N3S. The monoisotopic (exact) mass is 521 g/mol. The van der Waals surface area contributed by atoms with Crippen molar-refractivity contribution in [3.8, 4) is 5.69 Å². The highest BCUT2D eigenvalue weighted by atomic mass is 32.1. The first-order chi connectivity index (χ1) is 19.3. The lowest BCUT2D eigenvalue weighted by Crippen LogP contribution is -2.09. The molecule has 0 radical (unpaired) electrons. The number of hydrogen-bond acceptors (Lipinski definition) is 3. The molecule has 39 heavy (non-hydrogen) atoms. The molecule has 0 unspecified atom stereocenters. The van der Waals surface area contributed by atoms with E-state index in [1.165, 1.54) is 31.6 Å². The predicted octanol–water partition coefficient (Wildman–Crippen LogP) is 9.96. The first-order valence-corrected chi connectivity index (χ1v) is 14.0. The number of para-hydroxylation sites is 2. The van der Waals surface area contributed by atoms with E-state index in [0.717, 1.165) is 46.7 Å². The van der Waals surface area contributed by atoms with Crippen molar-refractivity contribution in [2.45, 2.75) is 12.8 Å². The molecule has 0 fully saturated rings. The van der Waals surface area contributed by atoms with Crippen molar-refractivity contribution in [3.63, 3.8) is 0 Å². The average Bonchev–Trinajstić information content (AvgIpc) is 3.53. The number of thiophene rings is 1. The van der Waals surface area contributed by atoms with Crippen LogP contribution in [0.15, 0.2) is 110 Å². The Morgan fingerprint density at radius 1 is 0.821 bits per heavy atom. The zero-order valence-corrected chi connectivity index (χ0v) is 22.4. The Morgan fingerprint density at radius 2 is 1.56 bits per heavy atom. The van der Waals surface area contributed by atoms with E-state index in [0.29, 0.717) is 0 Å². The lowest BCUT2D eigenvalue weighted by Gasteiger charge is -2.25. The van der Waals surface area contributed by atoms with E-state index in [9.17, 15) is 0 Å². The van der Waals surface area contributed by atoms with E-state index in [1.54, 1.807) is 0 Å². The van der Waals surface area contributed by atoms with Crippen LogP contribution in [0.2, 0.25) is 0 Å². The summed E-state index contributed by atoms with van der Waals surface area (Å²) in [4.78, 5) is 7.05. The van der Waals surface area contributed by atoms with Crippen molar-refractivity contribution in [1.82, 2.24) is 9.55 Å². The van der Waals surface area contributed by atoms with Gasteiger partial charge in [-0.1, -0.05) is 61.7 Å². The number of aromatic nitrogens is 2. The Balaban J connectivity index is 1.46. The number of fused-ring (bicyclic) bond motifs is 4. The van der Waals surface area contributed by atoms with Gasteiger partial charge in [-0.25, -0.2) is 0 Å². The summed E-state index contributed by atoms with van der Waals surface area (Å²) in [5.41, 5.74) is 9.25. The number of nitrogens with zero attached hydrogens (tertiary/aromatic N) is 3. The Kier molecular flexibility index (Phi) is 5.75. The Bertz CT molecular complexity index is 1850. The Morgan fingerprint density at radius 3 is 2.26 bits per heavy atom. The average molecular weight is 522 g/mol. The predicted molar refractivity (Wildman–Crippen MR) is 169 cm³/mol. The molecule has 0 saturated heterocycles. The van der Waals surface area contributed by atoms with E-state index in [-0.39, 0.29) is 0 Å². The SMILES string of the molecule is C=Cc1c2c(n(-c3cncc4c3sc3ccc(N(c5ccccc5)c5ccccc5)cc34)c1C=C)C=CCC2. The van der Waals surface area contributed by atoms with E-state index in [2.05, 4.69) is 114 Å². The first-order valence-electron chi connectivity index (χ1n) is 13.2. The number of hydrogen-bond donors (Lipinski definition) is 0. The summed E-state index contributed by atoms with van der Waals surface area (Å²) in [6, 6.07) is 27.8. The van der Waals surface area contributed by atoms with Gasteiger partial charge in [-0.15, -0.1) is 11.3 Å². The maximum atomic E-state index is 4.75. The summed E-state index contributed by atoms with van der Waals surface area (Å²) in [6.45, 7) is 8.29. The zero-order valence-electron chi connectivity index (χ0n) is 21.5. The van der Waals surface area contributed by atoms with Gasteiger partial charge in [0.05, 0.1) is 22.3 Å². The number of allylic oxidation sites excluding steroid dienone is 1. The minimum Gasteiger partial charge on any atom is -0.310 e. The molecule has 0 bridgehead atoms. The van der Waals surface area contributed by atoms with E-state index in [4.69, 9.17) is 4.98 Å². The smallest absolute Gasteiger partial charge is 0.0825 e. The second kappa shape index (κ2) is 9.57. The first kappa shape index (κ1) is 23.4. The second-order valence-corrected chi connectivity index (χ2v) is 10.7. The summed E-state index contributed by atoms with van der Waals surface area (Å²) >= 11 is 1.82. The largest absolute Gasteiger partial charge is 0.310 e. The molecule has 6 aromatic rings. The van der Waals surface area contributed by atoms with Crippen molar-refractivity contribution in [1.29, 1.82) is 0 Å². The normalized spacial score (nSPS) is 12.5. The van der Waals surface area contributed by atoms with Crippen LogP contribution in [0.4, 0.5) is 17.1 Å². The highest BCUT2D eigenvalue weighted by Crippen LogP contribution is 2.43. The van der Waals surface area contributed by atoms with Crippen LogP contribution in [-0.4, -0.2) is 9.55 Å². The van der Waals surface area contributed by atoms with Crippen LogP contribution >= 0.6 is 11.3 Å². The third-order valence-electron chi connectivity index (χ3n) is 7.50. The Labute approximate surface area is 232 Å². The molecule has 0 amide bonds. The highest BCUT2D eigenvalue weighted by molar-refractivity contribution is 7.26. The van der Waals surface area contributed by atoms with Gasteiger partial charge in [0.15, 0.2) is 0 Å². The summed E-state index contributed by atoms with van der Waals surface area (Å²) in [6.07, 6.45) is 14.5. The van der Waals surface area contributed by atoms with Crippen LogP contribution in [0.5, 0.6) is 0 Å². The molecule has 0 saturated carbocycles. The van der Waals surface area contributed by atoms with Gasteiger partial charge in [-0.05, 0) is 73.0 Å². The molecular weight excluding hydrogens is 494 g/mol. The molecule has 0 aliphatic heterocycles. The minimum absolute atomic E-state index is 1.01. The fourth-order valence-corrected chi connectivity index (χ4v) is 6.95. The third kappa shape index (κ3) is 3.76. The summed E-state index contributed by atoms with van der Waals surface area (Å²) < 4.78 is 4.78. The van der Waals surface area contributed by atoms with Gasteiger partial charge in [-0.3, -0.25) is 4.98 Å². The maximum Gasteiger partial charge on any atom is 0.0825 e. The number of anilines is 3. The van der Waals surface area contributed by atoms with E-state index >= 15 is 0 Å². The summed E-state index contributed by atoms with van der Waals surface area (Å²) in [5, 5.41) is 2.37. The molecule has 3 nitrogen and oxygen atoms in total. The van der Waals surface area contributed by atoms with Gasteiger partial charge < -0.3 is 9.47 Å². The van der Waals surface area contributed by atoms with E-state index < -0.39 is 0 Å². The van der Waals surface area contributed by atoms with Gasteiger partial charge in [0.1, 0.15) is 0 Å². The molecule has 1 aliphatic carbocycles. The van der Waals surface area contributed by atoms with Crippen molar-refractivity contribution in [2.75, 3.05) is 4.90 Å². The maximum absolute atomic E-state index is 4.75. The fraction of sp³-hybridized carbons (Fsp3) is 0.0571. The molecule has 1 aliphatic rings. The zero-order chi connectivity index (χ0) is 26.3. The number of pyridine rings is 1. The van der Waals surface area contributed by atoms with Gasteiger partial charge in [0.25, 0.3) is 0 Å². The van der Waals surface area contributed by atoms with Gasteiger partial charge in [-0.2, -0.15) is 0 Å². The molecule has 0 spiro atoms. The van der Waals surface area contributed by atoms with Crippen LogP contribution in [0, 0.1) is 0 Å². The van der Waals surface area contributed by atoms with E-state index in [1.807, 2.05) is 35.9 Å². The summed E-state index contributed by atoms with van der Waals surface area (Å²) in [7, 11) is 0. The molecule has 4 heteroatoms. The molecule has 3 aromatic carbocycles. The standard InChI is InChI=1S/C35H27N3S/c1-3-27-28-17-11-12-18-32(28)38(31(27)4-2)33-23-36-22-30-29-21-26(19-20-34(29)39-35(30)33)37(24-13-7-5-8-14-24)25-15-9-6-10-16-25/h3-10,12-16,18-23H,1-2,11,17H2. The van der Waals surface area contributed by atoms with Crippen molar-refractivity contribution in [3.05, 3.63) is 133 Å². The molecule has 7 rings (SSSR count). The molecule has 0 N–H and O–H groups in total. The van der Waals surface area contributed by atoms with Crippen molar-refractivity contribution < 1.29 is 0 Å². The molecule has 3 aromatic heterocycles. The number of rotatable bonds is 6. The molecule has 188 valence electrons. The van der Waals surface area contributed by atoms with Gasteiger partial charge in [0.2, 0.25) is 0 Å². The molecule has 0 atom stereocenters. The van der Waals surface area contributed by atoms with Crippen molar-refractivity contribution >= 4 is 66.8 Å². The molecule has 3 heterocycles. The summed E-state index contributed by atoms with van der Waals surface area (Å²) in [5.74, 6) is 0. The van der Waals surface area contributed by atoms with Crippen molar-refractivity contribution in [2.24, 2.45) is 0 Å². The quantitative estimate of drug-likeness (QED) is 0.217. The highest BCUT2D eigenvalue weighted by Gasteiger charge is 2.23. The van der Waals surface area contributed by atoms with Crippen LogP contribution < -0.4 is 4.90 Å². The van der Waals surface area contributed by atoms with Crippen LogP contribution in [0.3, 0.4) is 0 Å². The van der Waals surface area contributed by atoms with Gasteiger partial charge >= 0.3 is 0 Å². The Hall–Kier alpha value is -4.67. The fourth-order valence-electron chi connectivity index (χ4n) is 5.79. The third-order valence-corrected chi connectivity index (χ3v) is 8.71. The lowest BCUT2D eigenvalue weighted by molar-refractivity contribution is 0.956. The van der Waals surface area contributed by atoms with Crippen LogP contribution in [0.25, 0.3) is 44.1 Å². The topological polar surface area (TPSA) is 21.1 Å².